The molecule has 0 N–H and O–H groups in total. The summed E-state index contributed by atoms with van der Waals surface area (Å²) in [4.78, 5) is 16.7. The molecule has 1 aliphatic heterocycles. The quantitative estimate of drug-likeness (QED) is 0.325. The Morgan fingerprint density at radius 2 is 2.00 bits per heavy atom. The van der Waals surface area contributed by atoms with Gasteiger partial charge in [-0.25, -0.2) is 9.79 Å². The van der Waals surface area contributed by atoms with E-state index in [4.69, 9.17) is 14.2 Å². The van der Waals surface area contributed by atoms with Gasteiger partial charge in [-0.05, 0) is 70.8 Å². The van der Waals surface area contributed by atoms with Crippen LogP contribution in [-0.4, -0.2) is 25.6 Å². The molecule has 0 spiro atoms. The summed E-state index contributed by atoms with van der Waals surface area (Å²) in [6, 6.07) is 11.4. The van der Waals surface area contributed by atoms with Crippen molar-refractivity contribution < 1.29 is 19.0 Å². The normalized spacial score (nSPS) is 15.0. The predicted molar refractivity (Wildman–Crippen MR) is 118 cm³/mol. The Morgan fingerprint density at radius 1 is 1.25 bits per heavy atom. The van der Waals surface area contributed by atoms with Crippen molar-refractivity contribution in [3.8, 4) is 11.5 Å². The lowest BCUT2D eigenvalue weighted by Crippen LogP contribution is -2.07. The predicted octanol–water partition coefficient (Wildman–Crippen LogP) is 4.99. The number of carbonyl (C=O) groups is 1. The van der Waals surface area contributed by atoms with Crippen LogP contribution in [0.5, 0.6) is 11.5 Å². The van der Waals surface area contributed by atoms with Gasteiger partial charge in [-0.1, -0.05) is 32.0 Å². The lowest BCUT2D eigenvalue weighted by atomic mass is 10.1. The number of hydrogen-bond acceptors (Lipinski definition) is 5. The standard InChI is InChI=1S/C22H22INO4/c1-13(2)12-27-20-17(23)9-15(11-19(20)26-4)10-18-22(25)28-21(24-18)16-8-6-5-7-14(16)3/h5-11,13H,12H2,1-4H3/b18-10-. The highest BCUT2D eigenvalue weighted by Gasteiger charge is 2.25. The summed E-state index contributed by atoms with van der Waals surface area (Å²) >= 11 is 2.21. The number of halogens is 1. The SMILES string of the molecule is COc1cc(/C=C2\N=C(c3ccccc3C)OC2=O)cc(I)c1OCC(C)C. The zero-order chi connectivity index (χ0) is 20.3. The van der Waals surface area contributed by atoms with Crippen LogP contribution in [0.1, 0.15) is 30.5 Å². The Hall–Kier alpha value is -2.35. The van der Waals surface area contributed by atoms with E-state index < -0.39 is 5.97 Å². The molecule has 0 aliphatic carbocycles. The molecule has 146 valence electrons. The van der Waals surface area contributed by atoms with Gasteiger partial charge in [-0.15, -0.1) is 0 Å². The van der Waals surface area contributed by atoms with Gasteiger partial charge in [0.15, 0.2) is 17.2 Å². The Bertz CT molecular complexity index is 963. The first-order valence-electron chi connectivity index (χ1n) is 8.98. The molecule has 0 saturated carbocycles. The van der Waals surface area contributed by atoms with Crippen LogP contribution >= 0.6 is 22.6 Å². The Balaban J connectivity index is 1.93. The maximum atomic E-state index is 12.3. The van der Waals surface area contributed by atoms with Crippen LogP contribution in [0.25, 0.3) is 6.08 Å². The molecule has 6 heteroatoms. The van der Waals surface area contributed by atoms with Gasteiger partial charge in [-0.3, -0.25) is 0 Å². The van der Waals surface area contributed by atoms with Gasteiger partial charge in [0.1, 0.15) is 0 Å². The van der Waals surface area contributed by atoms with Crippen molar-refractivity contribution >= 4 is 40.5 Å². The topological polar surface area (TPSA) is 57.1 Å². The zero-order valence-corrected chi connectivity index (χ0v) is 18.4. The molecule has 28 heavy (non-hydrogen) atoms. The van der Waals surface area contributed by atoms with Gasteiger partial charge in [0.25, 0.3) is 0 Å². The second kappa shape index (κ2) is 8.77. The van der Waals surface area contributed by atoms with Crippen molar-refractivity contribution in [2.75, 3.05) is 13.7 Å². The third-order valence-electron chi connectivity index (χ3n) is 4.11. The number of carbonyl (C=O) groups excluding carboxylic acids is 1. The summed E-state index contributed by atoms with van der Waals surface area (Å²) < 4.78 is 17.6. The van der Waals surface area contributed by atoms with E-state index in [-0.39, 0.29) is 5.70 Å². The lowest BCUT2D eigenvalue weighted by Gasteiger charge is -2.15. The van der Waals surface area contributed by atoms with Crippen molar-refractivity contribution in [1.82, 2.24) is 0 Å². The van der Waals surface area contributed by atoms with Crippen molar-refractivity contribution in [2.24, 2.45) is 10.9 Å². The molecule has 0 atom stereocenters. The van der Waals surface area contributed by atoms with E-state index in [1.807, 2.05) is 43.3 Å². The molecule has 0 saturated heterocycles. The van der Waals surface area contributed by atoms with Crippen molar-refractivity contribution in [3.63, 3.8) is 0 Å². The molecule has 2 aromatic rings. The number of aliphatic imine (C=N–C) groups is 1. The third kappa shape index (κ3) is 4.55. The van der Waals surface area contributed by atoms with E-state index in [1.54, 1.807) is 13.2 Å². The molecular formula is C22H22INO4. The van der Waals surface area contributed by atoms with Crippen LogP contribution in [0.2, 0.25) is 0 Å². The average Bonchev–Trinajstić information content (AvgIpc) is 3.00. The van der Waals surface area contributed by atoms with Gasteiger partial charge < -0.3 is 14.2 Å². The number of methoxy groups -OCH3 is 1. The maximum absolute atomic E-state index is 12.3. The van der Waals surface area contributed by atoms with E-state index in [1.165, 1.54) is 0 Å². The Labute approximate surface area is 178 Å². The van der Waals surface area contributed by atoms with Gasteiger partial charge >= 0.3 is 5.97 Å². The summed E-state index contributed by atoms with van der Waals surface area (Å²) in [6.45, 7) is 6.74. The number of rotatable bonds is 6. The summed E-state index contributed by atoms with van der Waals surface area (Å²) in [5, 5.41) is 0. The van der Waals surface area contributed by atoms with Crippen LogP contribution in [0, 0.1) is 16.4 Å². The van der Waals surface area contributed by atoms with Crippen LogP contribution < -0.4 is 9.47 Å². The van der Waals surface area contributed by atoms with Gasteiger partial charge in [0.2, 0.25) is 5.90 Å². The molecule has 1 heterocycles. The van der Waals surface area contributed by atoms with Crippen LogP contribution in [0.4, 0.5) is 0 Å². The van der Waals surface area contributed by atoms with E-state index >= 15 is 0 Å². The third-order valence-corrected chi connectivity index (χ3v) is 4.91. The van der Waals surface area contributed by atoms with E-state index in [9.17, 15) is 4.79 Å². The van der Waals surface area contributed by atoms with E-state index in [0.717, 1.165) is 20.3 Å². The molecule has 0 amide bonds. The first-order valence-corrected chi connectivity index (χ1v) is 10.1. The second-order valence-electron chi connectivity index (χ2n) is 6.89. The monoisotopic (exact) mass is 491 g/mol. The number of ether oxygens (including phenoxy) is 3. The molecule has 0 unspecified atom stereocenters. The first-order chi connectivity index (χ1) is 13.4. The molecule has 1 aliphatic rings. The highest BCUT2D eigenvalue weighted by atomic mass is 127. The highest BCUT2D eigenvalue weighted by molar-refractivity contribution is 14.1. The van der Waals surface area contributed by atoms with Gasteiger partial charge in [0.05, 0.1) is 17.3 Å². The highest BCUT2D eigenvalue weighted by Crippen LogP contribution is 2.35. The van der Waals surface area contributed by atoms with Crippen molar-refractivity contribution in [2.45, 2.75) is 20.8 Å². The minimum Gasteiger partial charge on any atom is -0.493 e. The average molecular weight is 491 g/mol. The smallest absolute Gasteiger partial charge is 0.363 e. The Morgan fingerprint density at radius 3 is 2.68 bits per heavy atom. The summed E-state index contributed by atoms with van der Waals surface area (Å²) in [5.74, 6) is 1.59. The molecule has 2 aromatic carbocycles. The second-order valence-corrected chi connectivity index (χ2v) is 8.05. The van der Waals surface area contributed by atoms with Crippen molar-refractivity contribution in [1.29, 1.82) is 0 Å². The minimum absolute atomic E-state index is 0.256. The van der Waals surface area contributed by atoms with Crippen molar-refractivity contribution in [3.05, 3.63) is 62.4 Å². The molecule has 0 radical (unpaired) electrons. The number of esters is 1. The van der Waals surface area contributed by atoms with Gasteiger partial charge in [-0.2, -0.15) is 0 Å². The fraction of sp³-hybridized carbons (Fsp3) is 0.273. The molecule has 0 fully saturated rings. The number of aryl methyl sites for hydroxylation is 1. The molecule has 0 bridgehead atoms. The zero-order valence-electron chi connectivity index (χ0n) is 16.3. The van der Waals surface area contributed by atoms with E-state index in [2.05, 4.69) is 41.4 Å². The largest absolute Gasteiger partial charge is 0.493 e. The summed E-state index contributed by atoms with van der Waals surface area (Å²) in [7, 11) is 1.60. The summed E-state index contributed by atoms with van der Waals surface area (Å²) in [6.07, 6.45) is 1.70. The fourth-order valence-corrected chi connectivity index (χ4v) is 3.49. The minimum atomic E-state index is -0.465. The van der Waals surface area contributed by atoms with Crippen LogP contribution in [0.15, 0.2) is 47.1 Å². The molecular weight excluding hydrogens is 469 g/mol. The maximum Gasteiger partial charge on any atom is 0.363 e. The number of nitrogens with zero attached hydrogens (tertiary/aromatic N) is 1. The van der Waals surface area contributed by atoms with Gasteiger partial charge in [0, 0.05) is 5.56 Å². The number of cyclic esters (lactones) is 1. The van der Waals surface area contributed by atoms with Crippen LogP contribution in [0.3, 0.4) is 0 Å². The molecule has 0 aromatic heterocycles. The lowest BCUT2D eigenvalue weighted by molar-refractivity contribution is -0.129. The van der Waals surface area contributed by atoms with Crippen LogP contribution in [-0.2, 0) is 9.53 Å². The summed E-state index contributed by atoms with van der Waals surface area (Å²) in [5.41, 5.74) is 2.86. The van der Waals surface area contributed by atoms with E-state index in [0.29, 0.717) is 29.9 Å². The molecule has 3 rings (SSSR count). The first kappa shape index (κ1) is 20.4. The number of benzene rings is 2. The number of hydrogen-bond donors (Lipinski definition) is 0. The fourth-order valence-electron chi connectivity index (χ4n) is 2.71. The Kier molecular flexibility index (Phi) is 6.39. The molecule has 5 nitrogen and oxygen atoms in total.